The first-order valence-corrected chi connectivity index (χ1v) is 10.3. The minimum absolute atomic E-state index is 0.225. The van der Waals surface area contributed by atoms with Crippen molar-refractivity contribution in [3.8, 4) is 5.75 Å². The zero-order valence-electron chi connectivity index (χ0n) is 15.8. The largest absolute Gasteiger partial charge is 0.487 e. The Labute approximate surface area is 171 Å². The Morgan fingerprint density at radius 1 is 1.28 bits per heavy atom. The topological polar surface area (TPSA) is 81.4 Å². The van der Waals surface area contributed by atoms with Gasteiger partial charge in [-0.15, -0.1) is 10.2 Å². The summed E-state index contributed by atoms with van der Waals surface area (Å²) in [4.78, 5) is 17.2. The lowest BCUT2D eigenvalue weighted by Crippen LogP contribution is -2.11. The molecule has 3 aromatic heterocycles. The molecule has 8 heteroatoms. The molecule has 0 bridgehead atoms. The van der Waals surface area contributed by atoms with Crippen molar-refractivity contribution in [3.63, 3.8) is 0 Å². The lowest BCUT2D eigenvalue weighted by atomic mass is 10.2. The Bertz CT molecular complexity index is 1190. The lowest BCUT2D eigenvalue weighted by Gasteiger charge is -2.06. The van der Waals surface area contributed by atoms with Crippen LogP contribution in [0.5, 0.6) is 5.75 Å². The maximum Gasteiger partial charge on any atom is 0.257 e. The van der Waals surface area contributed by atoms with Gasteiger partial charge in [-0.2, -0.15) is 0 Å². The number of aryl methyl sites for hydroxylation is 1. The van der Waals surface area contributed by atoms with E-state index in [0.717, 1.165) is 34.8 Å². The highest BCUT2D eigenvalue weighted by molar-refractivity contribution is 7.15. The van der Waals surface area contributed by atoms with E-state index in [2.05, 4.69) is 20.5 Å². The third-order valence-corrected chi connectivity index (χ3v) is 5.80. The fourth-order valence-electron chi connectivity index (χ4n) is 3.11. The van der Waals surface area contributed by atoms with Crippen LogP contribution in [0.2, 0.25) is 0 Å². The molecule has 7 nitrogen and oxygen atoms in total. The van der Waals surface area contributed by atoms with Crippen LogP contribution in [-0.2, 0) is 6.61 Å². The van der Waals surface area contributed by atoms with Gasteiger partial charge in [0.2, 0.25) is 5.13 Å². The summed E-state index contributed by atoms with van der Waals surface area (Å²) < 4.78 is 7.85. The molecule has 1 aromatic carbocycles. The molecule has 1 saturated carbocycles. The van der Waals surface area contributed by atoms with Gasteiger partial charge in [-0.25, -0.2) is 4.98 Å². The van der Waals surface area contributed by atoms with Gasteiger partial charge in [0.05, 0.1) is 5.69 Å². The minimum Gasteiger partial charge on any atom is -0.487 e. The zero-order chi connectivity index (χ0) is 19.8. The number of amides is 1. The van der Waals surface area contributed by atoms with Crippen LogP contribution in [0.1, 0.15) is 45.4 Å². The van der Waals surface area contributed by atoms with Crippen LogP contribution < -0.4 is 10.1 Å². The second-order valence-electron chi connectivity index (χ2n) is 7.14. The number of hydrogen-bond acceptors (Lipinski definition) is 6. The third-order valence-electron chi connectivity index (χ3n) is 4.80. The molecule has 5 rings (SSSR count). The second kappa shape index (κ2) is 7.29. The molecule has 1 N–H and O–H groups in total. The summed E-state index contributed by atoms with van der Waals surface area (Å²) in [5.74, 6) is 0.915. The first-order chi connectivity index (χ1) is 14.2. The molecule has 0 spiro atoms. The number of fused-ring (bicyclic) bond motifs is 1. The fraction of sp³-hybridized carbons (Fsp3) is 0.238. The normalized spacial score (nSPS) is 13.6. The zero-order valence-corrected chi connectivity index (χ0v) is 16.6. The first kappa shape index (κ1) is 17.8. The number of aromatic nitrogens is 4. The highest BCUT2D eigenvalue weighted by Crippen LogP contribution is 2.42. The van der Waals surface area contributed by atoms with E-state index in [-0.39, 0.29) is 5.91 Å². The van der Waals surface area contributed by atoms with E-state index in [1.54, 1.807) is 18.2 Å². The number of carbonyl (C=O) groups is 1. The summed E-state index contributed by atoms with van der Waals surface area (Å²) in [5, 5.41) is 12.6. The van der Waals surface area contributed by atoms with Gasteiger partial charge in [-0.1, -0.05) is 23.5 Å². The average Bonchev–Trinajstić information content (AvgIpc) is 3.32. The predicted molar refractivity (Wildman–Crippen MR) is 111 cm³/mol. The Morgan fingerprint density at radius 2 is 2.17 bits per heavy atom. The van der Waals surface area contributed by atoms with Gasteiger partial charge < -0.3 is 9.14 Å². The Morgan fingerprint density at radius 3 is 3.00 bits per heavy atom. The number of imidazole rings is 1. The fourth-order valence-corrected chi connectivity index (χ4v) is 4.02. The van der Waals surface area contributed by atoms with Crippen molar-refractivity contribution in [2.45, 2.75) is 32.3 Å². The van der Waals surface area contributed by atoms with E-state index in [4.69, 9.17) is 4.74 Å². The molecule has 0 atom stereocenters. The Hall–Kier alpha value is -3.26. The van der Waals surface area contributed by atoms with Crippen molar-refractivity contribution >= 4 is 28.0 Å². The van der Waals surface area contributed by atoms with Crippen LogP contribution >= 0.6 is 11.3 Å². The molecule has 1 aliphatic carbocycles. The number of carbonyl (C=O) groups excluding carboxylic acids is 1. The van der Waals surface area contributed by atoms with Gasteiger partial charge in [0, 0.05) is 23.9 Å². The van der Waals surface area contributed by atoms with Crippen molar-refractivity contribution in [3.05, 3.63) is 70.6 Å². The van der Waals surface area contributed by atoms with Crippen LogP contribution in [0, 0.1) is 6.92 Å². The molecule has 4 aromatic rings. The molecule has 1 aliphatic rings. The SMILES string of the molecule is Cc1cccn2cc(COc3cccc(C(=O)Nc4nnc(C5CC5)s4)c3)nc12. The standard InChI is InChI=1S/C21H19N5O2S/c1-13-4-3-9-26-11-16(22-18(13)26)12-28-17-6-2-5-15(10-17)19(27)23-21-25-24-20(29-21)14-7-8-14/h2-6,9-11,14H,7-8,12H2,1H3,(H,23,25,27). The van der Waals surface area contributed by atoms with Crippen molar-refractivity contribution in [1.82, 2.24) is 19.6 Å². The number of pyridine rings is 1. The molecule has 3 heterocycles. The van der Waals surface area contributed by atoms with Crippen LogP contribution in [0.25, 0.3) is 5.65 Å². The number of ether oxygens (including phenoxy) is 1. The van der Waals surface area contributed by atoms with E-state index >= 15 is 0 Å². The highest BCUT2D eigenvalue weighted by atomic mass is 32.1. The molecule has 29 heavy (non-hydrogen) atoms. The number of rotatable bonds is 6. The van der Waals surface area contributed by atoms with Crippen LogP contribution in [0.15, 0.2) is 48.8 Å². The third kappa shape index (κ3) is 3.84. The molecule has 0 unspecified atom stereocenters. The van der Waals surface area contributed by atoms with Crippen molar-refractivity contribution in [2.24, 2.45) is 0 Å². The maximum absolute atomic E-state index is 12.5. The van der Waals surface area contributed by atoms with Crippen LogP contribution in [0.4, 0.5) is 5.13 Å². The van der Waals surface area contributed by atoms with Crippen LogP contribution in [-0.4, -0.2) is 25.5 Å². The maximum atomic E-state index is 12.5. The Balaban J connectivity index is 1.25. The van der Waals surface area contributed by atoms with Gasteiger partial charge in [-0.3, -0.25) is 10.1 Å². The van der Waals surface area contributed by atoms with Gasteiger partial charge in [0.25, 0.3) is 5.91 Å². The average molecular weight is 405 g/mol. The first-order valence-electron chi connectivity index (χ1n) is 9.46. The molecule has 146 valence electrons. The lowest BCUT2D eigenvalue weighted by molar-refractivity contribution is 0.102. The summed E-state index contributed by atoms with van der Waals surface area (Å²) in [6, 6.07) is 11.1. The monoisotopic (exact) mass is 405 g/mol. The minimum atomic E-state index is -0.225. The summed E-state index contributed by atoms with van der Waals surface area (Å²) in [6.45, 7) is 2.36. The number of benzene rings is 1. The number of hydrogen-bond donors (Lipinski definition) is 1. The van der Waals surface area contributed by atoms with Gasteiger partial charge >= 0.3 is 0 Å². The number of nitrogens with zero attached hydrogens (tertiary/aromatic N) is 4. The summed E-state index contributed by atoms with van der Waals surface area (Å²) >= 11 is 1.45. The molecular formula is C21H19N5O2S. The second-order valence-corrected chi connectivity index (χ2v) is 8.15. The molecule has 1 fully saturated rings. The van der Waals surface area contributed by atoms with Crippen molar-refractivity contribution in [2.75, 3.05) is 5.32 Å². The van der Waals surface area contributed by atoms with E-state index in [0.29, 0.717) is 29.0 Å². The molecule has 1 amide bonds. The summed E-state index contributed by atoms with van der Waals surface area (Å²) in [6.07, 6.45) is 6.24. The van der Waals surface area contributed by atoms with E-state index < -0.39 is 0 Å². The summed E-state index contributed by atoms with van der Waals surface area (Å²) in [5.41, 5.74) is 3.37. The number of anilines is 1. The van der Waals surface area contributed by atoms with Gasteiger partial charge in [-0.05, 0) is 49.6 Å². The molecule has 0 saturated heterocycles. The molecule has 0 aliphatic heterocycles. The van der Waals surface area contributed by atoms with Gasteiger partial charge in [0.15, 0.2) is 0 Å². The van der Waals surface area contributed by atoms with Crippen molar-refractivity contribution in [1.29, 1.82) is 0 Å². The molecular weight excluding hydrogens is 386 g/mol. The van der Waals surface area contributed by atoms with E-state index in [1.807, 2.05) is 41.9 Å². The van der Waals surface area contributed by atoms with E-state index in [9.17, 15) is 4.79 Å². The Kier molecular flexibility index (Phi) is 4.48. The summed E-state index contributed by atoms with van der Waals surface area (Å²) in [7, 11) is 0. The predicted octanol–water partition coefficient (Wildman–Crippen LogP) is 4.20. The quantitative estimate of drug-likeness (QED) is 0.520. The van der Waals surface area contributed by atoms with E-state index in [1.165, 1.54) is 11.3 Å². The van der Waals surface area contributed by atoms with Gasteiger partial charge in [0.1, 0.15) is 23.0 Å². The number of nitrogens with one attached hydrogen (secondary N) is 1. The van der Waals surface area contributed by atoms with Crippen LogP contribution in [0.3, 0.4) is 0 Å². The highest BCUT2D eigenvalue weighted by Gasteiger charge is 2.27. The smallest absolute Gasteiger partial charge is 0.257 e. The van der Waals surface area contributed by atoms with Crippen molar-refractivity contribution < 1.29 is 9.53 Å². The molecule has 0 radical (unpaired) electrons.